The third kappa shape index (κ3) is 7.15. The van der Waals surface area contributed by atoms with Crippen molar-refractivity contribution in [1.29, 1.82) is 0 Å². The monoisotopic (exact) mass is 345 g/mol. The van der Waals surface area contributed by atoms with E-state index < -0.39 is 0 Å². The van der Waals surface area contributed by atoms with Crippen LogP contribution in [0.5, 0.6) is 6.01 Å². The smallest absolute Gasteiger partial charge is 0.319 e. The molecule has 0 aliphatic carbocycles. The highest BCUT2D eigenvalue weighted by atomic mass is 16.5. The number of hydrogen-bond donors (Lipinski definition) is 0. The molecule has 1 aromatic heterocycles. The van der Waals surface area contributed by atoms with Crippen molar-refractivity contribution in [3.05, 3.63) is 47.0 Å². The SMILES string of the molecule is Cc1ccc(COCCOCCOc2nc(C)nc(C(C)C)n2)cc1. The van der Waals surface area contributed by atoms with E-state index in [1.54, 1.807) is 0 Å². The van der Waals surface area contributed by atoms with Gasteiger partial charge >= 0.3 is 6.01 Å². The number of benzene rings is 1. The predicted octanol–water partition coefficient (Wildman–Crippen LogP) is 3.22. The molecular weight excluding hydrogens is 318 g/mol. The second-order valence-electron chi connectivity index (χ2n) is 6.18. The standard InChI is InChI=1S/C19H27N3O3/c1-14(2)18-20-16(4)21-19(22-18)25-12-11-23-9-10-24-13-17-7-5-15(3)6-8-17/h5-8,14H,9-13H2,1-4H3. The third-order valence-corrected chi connectivity index (χ3v) is 3.48. The lowest BCUT2D eigenvalue weighted by Gasteiger charge is -2.09. The Labute approximate surface area is 149 Å². The first kappa shape index (κ1) is 19.3. The van der Waals surface area contributed by atoms with Crippen molar-refractivity contribution >= 4 is 0 Å². The van der Waals surface area contributed by atoms with Gasteiger partial charge in [-0.1, -0.05) is 43.7 Å². The molecule has 0 aliphatic rings. The van der Waals surface area contributed by atoms with Crippen LogP contribution in [0.2, 0.25) is 0 Å². The number of hydrogen-bond acceptors (Lipinski definition) is 6. The molecule has 0 unspecified atom stereocenters. The molecule has 0 radical (unpaired) electrons. The van der Waals surface area contributed by atoms with E-state index in [0.717, 1.165) is 5.82 Å². The Morgan fingerprint density at radius 1 is 0.840 bits per heavy atom. The van der Waals surface area contributed by atoms with Gasteiger partial charge in [-0.2, -0.15) is 9.97 Å². The van der Waals surface area contributed by atoms with Gasteiger partial charge in [0, 0.05) is 5.92 Å². The third-order valence-electron chi connectivity index (χ3n) is 3.48. The normalized spacial score (nSPS) is 11.1. The van der Waals surface area contributed by atoms with Gasteiger partial charge in [0.25, 0.3) is 0 Å². The molecule has 1 aromatic carbocycles. The molecule has 0 atom stereocenters. The Hall–Kier alpha value is -2.05. The van der Waals surface area contributed by atoms with Crippen LogP contribution in [0.3, 0.4) is 0 Å². The molecule has 2 aromatic rings. The van der Waals surface area contributed by atoms with Crippen LogP contribution in [0, 0.1) is 13.8 Å². The molecule has 0 spiro atoms. The molecule has 0 amide bonds. The maximum absolute atomic E-state index is 5.58. The van der Waals surface area contributed by atoms with Crippen molar-refractivity contribution in [2.45, 2.75) is 40.2 Å². The number of nitrogens with zero attached hydrogens (tertiary/aromatic N) is 3. The van der Waals surface area contributed by atoms with Crippen LogP contribution in [0.4, 0.5) is 0 Å². The number of ether oxygens (including phenoxy) is 3. The first-order valence-corrected chi connectivity index (χ1v) is 8.61. The highest BCUT2D eigenvalue weighted by molar-refractivity contribution is 5.20. The Morgan fingerprint density at radius 3 is 2.24 bits per heavy atom. The molecule has 0 N–H and O–H groups in total. The molecule has 6 heteroatoms. The van der Waals surface area contributed by atoms with Gasteiger partial charge in [-0.15, -0.1) is 0 Å². The van der Waals surface area contributed by atoms with E-state index in [1.807, 2.05) is 20.8 Å². The average Bonchev–Trinajstić information content (AvgIpc) is 2.58. The second-order valence-corrected chi connectivity index (χ2v) is 6.18. The summed E-state index contributed by atoms with van der Waals surface area (Å²) in [6, 6.07) is 8.67. The van der Waals surface area contributed by atoms with Gasteiger partial charge in [0.1, 0.15) is 18.3 Å². The van der Waals surface area contributed by atoms with E-state index in [-0.39, 0.29) is 5.92 Å². The molecule has 0 bridgehead atoms. The fourth-order valence-corrected chi connectivity index (χ4v) is 2.09. The topological polar surface area (TPSA) is 66.4 Å². The Balaban J connectivity index is 1.57. The molecular formula is C19H27N3O3. The summed E-state index contributed by atoms with van der Waals surface area (Å²) in [4.78, 5) is 12.8. The summed E-state index contributed by atoms with van der Waals surface area (Å²) in [6.45, 7) is 10.5. The minimum atomic E-state index is 0.242. The van der Waals surface area contributed by atoms with Gasteiger partial charge in [-0.3, -0.25) is 0 Å². The molecule has 0 saturated heterocycles. The molecule has 6 nitrogen and oxygen atoms in total. The minimum absolute atomic E-state index is 0.242. The second kappa shape index (κ2) is 10.1. The summed E-state index contributed by atoms with van der Waals surface area (Å²) < 4.78 is 16.6. The lowest BCUT2D eigenvalue weighted by molar-refractivity contribution is 0.0293. The summed E-state index contributed by atoms with van der Waals surface area (Å²) >= 11 is 0. The molecule has 0 aliphatic heterocycles. The van der Waals surface area contributed by atoms with Gasteiger partial charge in [0.05, 0.1) is 26.4 Å². The lowest BCUT2D eigenvalue weighted by atomic mass is 10.2. The van der Waals surface area contributed by atoms with Gasteiger partial charge < -0.3 is 14.2 Å². The van der Waals surface area contributed by atoms with Crippen LogP contribution in [0.1, 0.15) is 42.5 Å². The van der Waals surface area contributed by atoms with Crippen LogP contribution >= 0.6 is 0 Å². The number of aryl methyl sites for hydroxylation is 2. The van der Waals surface area contributed by atoms with E-state index in [9.17, 15) is 0 Å². The van der Waals surface area contributed by atoms with E-state index in [4.69, 9.17) is 14.2 Å². The van der Waals surface area contributed by atoms with Crippen molar-refractivity contribution in [3.63, 3.8) is 0 Å². The first-order chi connectivity index (χ1) is 12.0. The Kier molecular flexibility index (Phi) is 7.76. The maximum Gasteiger partial charge on any atom is 0.319 e. The largest absolute Gasteiger partial charge is 0.461 e. The van der Waals surface area contributed by atoms with Gasteiger partial charge in [0.2, 0.25) is 0 Å². The van der Waals surface area contributed by atoms with Crippen molar-refractivity contribution in [2.75, 3.05) is 26.4 Å². The van der Waals surface area contributed by atoms with Crippen molar-refractivity contribution in [3.8, 4) is 6.01 Å². The summed E-state index contributed by atoms with van der Waals surface area (Å²) in [5, 5.41) is 0. The summed E-state index contributed by atoms with van der Waals surface area (Å²) in [5.41, 5.74) is 2.42. The van der Waals surface area contributed by atoms with Crippen LogP contribution in [0.25, 0.3) is 0 Å². The highest BCUT2D eigenvalue weighted by Gasteiger charge is 2.08. The molecule has 25 heavy (non-hydrogen) atoms. The molecule has 0 saturated carbocycles. The predicted molar refractivity (Wildman–Crippen MR) is 95.8 cm³/mol. The quantitative estimate of drug-likeness (QED) is 0.616. The van der Waals surface area contributed by atoms with Gasteiger partial charge in [-0.05, 0) is 19.4 Å². The zero-order valence-corrected chi connectivity index (χ0v) is 15.5. The minimum Gasteiger partial charge on any atom is -0.461 e. The van der Waals surface area contributed by atoms with Gasteiger partial charge in [0.15, 0.2) is 0 Å². The van der Waals surface area contributed by atoms with Gasteiger partial charge in [-0.25, -0.2) is 4.98 Å². The summed E-state index contributed by atoms with van der Waals surface area (Å²) in [5.74, 6) is 1.65. The number of aromatic nitrogens is 3. The van der Waals surface area contributed by atoms with Crippen LogP contribution in [-0.4, -0.2) is 41.4 Å². The Bertz CT molecular complexity index is 645. The van der Waals surface area contributed by atoms with Crippen molar-refractivity contribution in [2.24, 2.45) is 0 Å². The highest BCUT2D eigenvalue weighted by Crippen LogP contribution is 2.12. The van der Waals surface area contributed by atoms with Crippen LogP contribution in [0.15, 0.2) is 24.3 Å². The Morgan fingerprint density at radius 2 is 1.52 bits per heavy atom. The first-order valence-electron chi connectivity index (χ1n) is 8.61. The molecule has 136 valence electrons. The van der Waals surface area contributed by atoms with E-state index in [2.05, 4.69) is 46.1 Å². The summed E-state index contributed by atoms with van der Waals surface area (Å²) in [7, 11) is 0. The fourth-order valence-electron chi connectivity index (χ4n) is 2.09. The maximum atomic E-state index is 5.58. The van der Waals surface area contributed by atoms with E-state index in [0.29, 0.717) is 44.9 Å². The van der Waals surface area contributed by atoms with Crippen molar-refractivity contribution < 1.29 is 14.2 Å². The molecule has 1 heterocycles. The van der Waals surface area contributed by atoms with Crippen LogP contribution < -0.4 is 4.74 Å². The van der Waals surface area contributed by atoms with E-state index in [1.165, 1.54) is 11.1 Å². The average molecular weight is 345 g/mol. The van der Waals surface area contributed by atoms with Crippen LogP contribution in [-0.2, 0) is 16.1 Å². The zero-order chi connectivity index (χ0) is 18.1. The summed E-state index contributed by atoms with van der Waals surface area (Å²) in [6.07, 6.45) is 0. The lowest BCUT2D eigenvalue weighted by Crippen LogP contribution is -2.13. The fraction of sp³-hybridized carbons (Fsp3) is 0.526. The molecule has 2 rings (SSSR count). The number of rotatable bonds is 10. The van der Waals surface area contributed by atoms with E-state index >= 15 is 0 Å². The molecule has 0 fully saturated rings. The zero-order valence-electron chi connectivity index (χ0n) is 15.5. The van der Waals surface area contributed by atoms with Crippen molar-refractivity contribution in [1.82, 2.24) is 15.0 Å².